The van der Waals surface area contributed by atoms with Crippen molar-refractivity contribution in [3.8, 4) is 0 Å². The van der Waals surface area contributed by atoms with Crippen molar-refractivity contribution in [2.45, 2.75) is 37.5 Å². The fourth-order valence-corrected chi connectivity index (χ4v) is 2.97. The van der Waals surface area contributed by atoms with Gasteiger partial charge in [-0.2, -0.15) is 0 Å². The van der Waals surface area contributed by atoms with Gasteiger partial charge in [0.05, 0.1) is 15.9 Å². The van der Waals surface area contributed by atoms with Crippen LogP contribution >= 0.6 is 22.6 Å². The van der Waals surface area contributed by atoms with Gasteiger partial charge in [0, 0.05) is 18.4 Å². The fraction of sp³-hybridized carbons (Fsp3) is 0.667. The normalized spacial score (nSPS) is 24.9. The first-order valence-electron chi connectivity index (χ1n) is 6.13. The first-order valence-corrected chi connectivity index (χ1v) is 7.21. The first-order chi connectivity index (χ1) is 8.25. The minimum atomic E-state index is 0.0167. The van der Waals surface area contributed by atoms with Crippen LogP contribution in [0.15, 0.2) is 4.79 Å². The Hall–Kier alpha value is -0.430. The lowest BCUT2D eigenvalue weighted by Crippen LogP contribution is -2.24. The number of hydrogen-bond donors (Lipinski definition) is 1. The van der Waals surface area contributed by atoms with E-state index >= 15 is 0 Å². The minimum Gasteiger partial charge on any atom is -0.381 e. The summed E-state index contributed by atoms with van der Waals surface area (Å²) in [6.45, 7) is 1.52. The number of rotatable bonds is 2. The van der Waals surface area contributed by atoms with Gasteiger partial charge in [-0.25, -0.2) is 4.98 Å². The van der Waals surface area contributed by atoms with E-state index in [1.54, 1.807) is 0 Å². The lowest BCUT2D eigenvalue weighted by Gasteiger charge is -2.21. The molecular formula is C12H15IN2O2. The second-order valence-corrected chi connectivity index (χ2v) is 5.92. The fourth-order valence-electron chi connectivity index (χ4n) is 2.27. The zero-order valence-corrected chi connectivity index (χ0v) is 11.7. The van der Waals surface area contributed by atoms with Gasteiger partial charge in [-0.1, -0.05) is 0 Å². The van der Waals surface area contributed by atoms with Gasteiger partial charge in [0.15, 0.2) is 0 Å². The summed E-state index contributed by atoms with van der Waals surface area (Å²) in [6, 6.07) is 0. The number of aromatic nitrogens is 2. The van der Waals surface area contributed by atoms with E-state index < -0.39 is 0 Å². The van der Waals surface area contributed by atoms with Gasteiger partial charge in [0.25, 0.3) is 5.56 Å². The Bertz CT molecular complexity index is 476. The highest BCUT2D eigenvalue weighted by Crippen LogP contribution is 2.40. The summed E-state index contributed by atoms with van der Waals surface area (Å²) in [7, 11) is 0. The molecular weight excluding hydrogens is 331 g/mol. The molecule has 2 aliphatic rings. The molecule has 0 radical (unpaired) electrons. The van der Waals surface area contributed by atoms with Crippen LogP contribution in [0.25, 0.3) is 0 Å². The first kappa shape index (κ1) is 11.6. The van der Waals surface area contributed by atoms with E-state index in [0.717, 1.165) is 34.5 Å². The van der Waals surface area contributed by atoms with Crippen LogP contribution in [0.4, 0.5) is 0 Å². The maximum atomic E-state index is 11.9. The third-order valence-electron chi connectivity index (χ3n) is 3.42. The van der Waals surface area contributed by atoms with E-state index in [9.17, 15) is 4.79 Å². The Morgan fingerprint density at radius 3 is 2.76 bits per heavy atom. The molecule has 1 atom stereocenters. The van der Waals surface area contributed by atoms with E-state index in [1.807, 2.05) is 0 Å². The molecule has 5 heteroatoms. The Morgan fingerprint density at radius 1 is 1.29 bits per heavy atom. The van der Waals surface area contributed by atoms with Gasteiger partial charge in [-0.05, 0) is 48.3 Å². The molecule has 1 saturated carbocycles. The predicted molar refractivity (Wildman–Crippen MR) is 72.3 cm³/mol. The van der Waals surface area contributed by atoms with Crippen molar-refractivity contribution in [2.75, 3.05) is 13.2 Å². The Morgan fingerprint density at radius 2 is 2.12 bits per heavy atom. The molecule has 1 saturated heterocycles. The van der Waals surface area contributed by atoms with Crippen LogP contribution in [0, 0.1) is 3.57 Å². The van der Waals surface area contributed by atoms with Crippen LogP contribution in [0.2, 0.25) is 0 Å². The molecule has 4 nitrogen and oxygen atoms in total. The van der Waals surface area contributed by atoms with Crippen molar-refractivity contribution in [1.82, 2.24) is 9.97 Å². The predicted octanol–water partition coefficient (Wildman–Crippen LogP) is 2.15. The summed E-state index contributed by atoms with van der Waals surface area (Å²) in [5.41, 5.74) is 1.03. The average Bonchev–Trinajstić information content (AvgIpc) is 3.18. The SMILES string of the molecule is O=c1[nH]c(C2CCCOC2)nc(C2CC2)c1I. The second kappa shape index (κ2) is 4.68. The standard InChI is InChI=1S/C12H15IN2O2/c13-9-10(7-3-4-7)14-11(15-12(9)16)8-2-1-5-17-6-8/h7-8H,1-6H2,(H,14,15,16). The topological polar surface area (TPSA) is 55.0 Å². The van der Waals surface area contributed by atoms with Crippen molar-refractivity contribution < 1.29 is 4.74 Å². The van der Waals surface area contributed by atoms with Crippen molar-refractivity contribution in [2.24, 2.45) is 0 Å². The summed E-state index contributed by atoms with van der Waals surface area (Å²) in [5.74, 6) is 1.62. The quantitative estimate of drug-likeness (QED) is 0.835. The van der Waals surface area contributed by atoms with E-state index in [4.69, 9.17) is 4.74 Å². The van der Waals surface area contributed by atoms with Crippen LogP contribution in [-0.4, -0.2) is 23.2 Å². The number of nitrogens with zero attached hydrogens (tertiary/aromatic N) is 1. The highest BCUT2D eigenvalue weighted by Gasteiger charge is 2.30. The lowest BCUT2D eigenvalue weighted by molar-refractivity contribution is 0.0779. The highest BCUT2D eigenvalue weighted by molar-refractivity contribution is 14.1. The minimum absolute atomic E-state index is 0.0167. The molecule has 0 amide bonds. The van der Waals surface area contributed by atoms with Crippen LogP contribution in [0.1, 0.15) is 49.0 Å². The summed E-state index contributed by atoms with van der Waals surface area (Å²) in [5, 5.41) is 0. The molecule has 0 spiro atoms. The molecule has 1 aromatic rings. The van der Waals surface area contributed by atoms with Gasteiger partial charge in [-0.15, -0.1) is 0 Å². The molecule has 3 rings (SSSR count). The molecule has 1 aliphatic carbocycles. The van der Waals surface area contributed by atoms with Gasteiger partial charge >= 0.3 is 0 Å². The van der Waals surface area contributed by atoms with E-state index in [-0.39, 0.29) is 11.5 Å². The number of nitrogens with one attached hydrogen (secondary N) is 1. The largest absolute Gasteiger partial charge is 0.381 e. The van der Waals surface area contributed by atoms with Crippen molar-refractivity contribution >= 4 is 22.6 Å². The Labute approximate surface area is 113 Å². The van der Waals surface area contributed by atoms with Gasteiger partial charge < -0.3 is 9.72 Å². The maximum absolute atomic E-state index is 11.9. The molecule has 2 heterocycles. The molecule has 17 heavy (non-hydrogen) atoms. The number of hydrogen-bond acceptors (Lipinski definition) is 3. The lowest BCUT2D eigenvalue weighted by atomic mass is 10.0. The second-order valence-electron chi connectivity index (χ2n) is 4.84. The molecule has 0 bridgehead atoms. The van der Waals surface area contributed by atoms with Crippen LogP contribution < -0.4 is 5.56 Å². The number of H-pyrrole nitrogens is 1. The van der Waals surface area contributed by atoms with Crippen molar-refractivity contribution in [3.05, 3.63) is 25.4 Å². The third kappa shape index (κ3) is 2.40. The molecule has 1 aromatic heterocycles. The van der Waals surface area contributed by atoms with Crippen LogP contribution in [0.5, 0.6) is 0 Å². The Balaban J connectivity index is 1.96. The number of ether oxygens (including phenoxy) is 1. The maximum Gasteiger partial charge on any atom is 0.264 e. The molecule has 92 valence electrons. The molecule has 1 unspecified atom stereocenters. The monoisotopic (exact) mass is 346 g/mol. The van der Waals surface area contributed by atoms with Crippen LogP contribution in [-0.2, 0) is 4.74 Å². The summed E-state index contributed by atoms with van der Waals surface area (Å²) in [4.78, 5) is 19.5. The van der Waals surface area contributed by atoms with Gasteiger partial charge in [0.2, 0.25) is 0 Å². The van der Waals surface area contributed by atoms with E-state index in [0.29, 0.717) is 12.5 Å². The van der Waals surface area contributed by atoms with Crippen molar-refractivity contribution in [3.63, 3.8) is 0 Å². The number of aromatic amines is 1. The van der Waals surface area contributed by atoms with Crippen molar-refractivity contribution in [1.29, 1.82) is 0 Å². The summed E-state index contributed by atoms with van der Waals surface area (Å²) in [6.07, 6.45) is 4.47. The third-order valence-corrected chi connectivity index (χ3v) is 4.46. The zero-order chi connectivity index (χ0) is 11.8. The number of halogens is 1. The Kier molecular flexibility index (Phi) is 3.21. The smallest absolute Gasteiger partial charge is 0.264 e. The summed E-state index contributed by atoms with van der Waals surface area (Å²) >= 11 is 2.11. The highest BCUT2D eigenvalue weighted by atomic mass is 127. The zero-order valence-electron chi connectivity index (χ0n) is 9.54. The molecule has 0 aromatic carbocycles. The van der Waals surface area contributed by atoms with Gasteiger partial charge in [0.1, 0.15) is 5.82 Å². The van der Waals surface area contributed by atoms with E-state index in [2.05, 4.69) is 32.6 Å². The summed E-state index contributed by atoms with van der Waals surface area (Å²) < 4.78 is 6.23. The molecule has 1 aliphatic heterocycles. The molecule has 1 N–H and O–H groups in total. The van der Waals surface area contributed by atoms with Gasteiger partial charge in [-0.3, -0.25) is 4.79 Å². The van der Waals surface area contributed by atoms with E-state index in [1.165, 1.54) is 12.8 Å². The van der Waals surface area contributed by atoms with Crippen LogP contribution in [0.3, 0.4) is 0 Å². The molecule has 2 fully saturated rings. The average molecular weight is 346 g/mol.